The standard InChI is InChI=1S/C18H18N2O4/c1-12-16(8-10-23-12)17(21)19-9-7-14-11-24-18(20-14)13-3-5-15(22-2)6-4-13/h3-6,8,10-11H,7,9H2,1-2H3,(H,19,21). The van der Waals surface area contributed by atoms with Gasteiger partial charge in [0.1, 0.15) is 17.8 Å². The molecule has 0 aliphatic rings. The maximum atomic E-state index is 12.0. The van der Waals surface area contributed by atoms with Crippen LogP contribution < -0.4 is 10.1 Å². The number of benzene rings is 1. The lowest BCUT2D eigenvalue weighted by Gasteiger charge is -2.02. The zero-order chi connectivity index (χ0) is 16.9. The van der Waals surface area contributed by atoms with Crippen LogP contribution in [-0.4, -0.2) is 24.5 Å². The zero-order valence-corrected chi connectivity index (χ0v) is 13.5. The zero-order valence-electron chi connectivity index (χ0n) is 13.5. The molecule has 124 valence electrons. The van der Waals surface area contributed by atoms with Crippen LogP contribution in [-0.2, 0) is 6.42 Å². The summed E-state index contributed by atoms with van der Waals surface area (Å²) in [6, 6.07) is 9.14. The number of hydrogen-bond acceptors (Lipinski definition) is 5. The van der Waals surface area contributed by atoms with Gasteiger partial charge in [-0.15, -0.1) is 0 Å². The summed E-state index contributed by atoms with van der Waals surface area (Å²) in [5.41, 5.74) is 2.21. The Labute approximate surface area is 139 Å². The summed E-state index contributed by atoms with van der Waals surface area (Å²) in [6.45, 7) is 2.23. The highest BCUT2D eigenvalue weighted by Gasteiger charge is 2.11. The predicted octanol–water partition coefficient (Wildman–Crippen LogP) is 3.22. The van der Waals surface area contributed by atoms with Crippen molar-refractivity contribution in [2.45, 2.75) is 13.3 Å². The molecule has 2 aromatic heterocycles. The summed E-state index contributed by atoms with van der Waals surface area (Å²) < 4.78 is 15.7. The molecule has 0 radical (unpaired) electrons. The number of aromatic nitrogens is 1. The third-order valence-corrected chi connectivity index (χ3v) is 3.66. The van der Waals surface area contributed by atoms with Gasteiger partial charge < -0.3 is 18.9 Å². The molecule has 2 heterocycles. The van der Waals surface area contributed by atoms with E-state index in [-0.39, 0.29) is 5.91 Å². The molecule has 0 aliphatic carbocycles. The smallest absolute Gasteiger partial charge is 0.254 e. The highest BCUT2D eigenvalue weighted by atomic mass is 16.5. The average Bonchev–Trinajstić information content (AvgIpc) is 3.24. The molecule has 3 rings (SSSR count). The summed E-state index contributed by atoms with van der Waals surface area (Å²) in [4.78, 5) is 16.4. The number of furan rings is 1. The van der Waals surface area contributed by atoms with Crippen LogP contribution in [0.25, 0.3) is 11.5 Å². The van der Waals surface area contributed by atoms with Crippen LogP contribution in [0.15, 0.2) is 51.7 Å². The average molecular weight is 326 g/mol. The molecule has 0 bridgehead atoms. The Morgan fingerprint density at radius 3 is 2.67 bits per heavy atom. The summed E-state index contributed by atoms with van der Waals surface area (Å²) in [6.07, 6.45) is 3.69. The van der Waals surface area contributed by atoms with Gasteiger partial charge in [-0.3, -0.25) is 4.79 Å². The molecule has 1 aromatic carbocycles. The molecule has 6 nitrogen and oxygen atoms in total. The first-order valence-corrected chi connectivity index (χ1v) is 7.58. The number of ether oxygens (including phenoxy) is 1. The number of carbonyl (C=O) groups excluding carboxylic acids is 1. The van der Waals surface area contributed by atoms with Crippen LogP contribution in [0.1, 0.15) is 21.8 Å². The van der Waals surface area contributed by atoms with Crippen molar-refractivity contribution in [1.82, 2.24) is 10.3 Å². The van der Waals surface area contributed by atoms with E-state index in [1.807, 2.05) is 24.3 Å². The van der Waals surface area contributed by atoms with Crippen molar-refractivity contribution in [1.29, 1.82) is 0 Å². The third kappa shape index (κ3) is 3.48. The van der Waals surface area contributed by atoms with Gasteiger partial charge in [0.05, 0.1) is 24.6 Å². The van der Waals surface area contributed by atoms with E-state index >= 15 is 0 Å². The maximum Gasteiger partial charge on any atom is 0.254 e. The van der Waals surface area contributed by atoms with Gasteiger partial charge in [-0.05, 0) is 37.3 Å². The predicted molar refractivity (Wildman–Crippen MR) is 88.0 cm³/mol. The van der Waals surface area contributed by atoms with Crippen molar-refractivity contribution in [3.05, 3.63) is 59.9 Å². The molecule has 0 spiro atoms. The number of amides is 1. The number of methoxy groups -OCH3 is 1. The SMILES string of the molecule is COc1ccc(-c2nc(CCNC(=O)c3ccoc3C)co2)cc1. The number of nitrogens with zero attached hydrogens (tertiary/aromatic N) is 1. The number of carbonyl (C=O) groups is 1. The summed E-state index contributed by atoms with van der Waals surface area (Å²) >= 11 is 0. The van der Waals surface area contributed by atoms with E-state index in [9.17, 15) is 4.79 Å². The molecule has 3 aromatic rings. The summed E-state index contributed by atoms with van der Waals surface area (Å²) in [7, 11) is 1.62. The van der Waals surface area contributed by atoms with Gasteiger partial charge in [0, 0.05) is 18.5 Å². The fourth-order valence-corrected chi connectivity index (χ4v) is 2.31. The highest BCUT2D eigenvalue weighted by Crippen LogP contribution is 2.21. The van der Waals surface area contributed by atoms with Crippen molar-refractivity contribution in [3.63, 3.8) is 0 Å². The molecular weight excluding hydrogens is 308 g/mol. The molecular formula is C18H18N2O4. The molecule has 1 amide bonds. The first kappa shape index (κ1) is 15.9. The molecule has 6 heteroatoms. The van der Waals surface area contributed by atoms with Crippen LogP contribution in [0.2, 0.25) is 0 Å². The fraction of sp³-hybridized carbons (Fsp3) is 0.222. The first-order chi connectivity index (χ1) is 11.7. The second-order valence-corrected chi connectivity index (χ2v) is 5.27. The second-order valence-electron chi connectivity index (χ2n) is 5.27. The van der Waals surface area contributed by atoms with E-state index in [0.29, 0.717) is 30.2 Å². The molecule has 0 unspecified atom stereocenters. The van der Waals surface area contributed by atoms with E-state index in [1.165, 1.54) is 6.26 Å². The van der Waals surface area contributed by atoms with Crippen molar-refractivity contribution in [2.24, 2.45) is 0 Å². The van der Waals surface area contributed by atoms with E-state index in [0.717, 1.165) is 17.0 Å². The number of hydrogen-bond donors (Lipinski definition) is 1. The summed E-state index contributed by atoms with van der Waals surface area (Å²) in [5.74, 6) is 1.78. The van der Waals surface area contributed by atoms with Crippen molar-refractivity contribution >= 4 is 5.91 Å². The van der Waals surface area contributed by atoms with Crippen LogP contribution in [0.3, 0.4) is 0 Å². The van der Waals surface area contributed by atoms with Gasteiger partial charge in [-0.25, -0.2) is 4.98 Å². The normalized spacial score (nSPS) is 10.6. The number of rotatable bonds is 6. The largest absolute Gasteiger partial charge is 0.497 e. The topological polar surface area (TPSA) is 77.5 Å². The molecule has 0 aliphatic heterocycles. The Morgan fingerprint density at radius 2 is 2.00 bits per heavy atom. The molecule has 24 heavy (non-hydrogen) atoms. The fourth-order valence-electron chi connectivity index (χ4n) is 2.31. The quantitative estimate of drug-likeness (QED) is 0.752. The number of nitrogens with one attached hydrogen (secondary N) is 1. The maximum absolute atomic E-state index is 12.0. The first-order valence-electron chi connectivity index (χ1n) is 7.58. The molecule has 0 saturated carbocycles. The van der Waals surface area contributed by atoms with Crippen LogP contribution in [0, 0.1) is 6.92 Å². The van der Waals surface area contributed by atoms with Crippen LogP contribution in [0.4, 0.5) is 0 Å². The van der Waals surface area contributed by atoms with Gasteiger partial charge in [0.2, 0.25) is 5.89 Å². The van der Waals surface area contributed by atoms with Gasteiger partial charge >= 0.3 is 0 Å². The van der Waals surface area contributed by atoms with E-state index in [4.69, 9.17) is 13.6 Å². The van der Waals surface area contributed by atoms with Crippen molar-refractivity contribution in [3.8, 4) is 17.2 Å². The summed E-state index contributed by atoms with van der Waals surface area (Å²) in [5, 5.41) is 2.84. The second kappa shape index (κ2) is 7.04. The number of oxazole rings is 1. The minimum Gasteiger partial charge on any atom is -0.497 e. The Morgan fingerprint density at radius 1 is 1.21 bits per heavy atom. The Balaban J connectivity index is 1.56. The lowest BCUT2D eigenvalue weighted by atomic mass is 10.2. The van der Waals surface area contributed by atoms with E-state index in [2.05, 4.69) is 10.3 Å². The van der Waals surface area contributed by atoms with Crippen LogP contribution in [0.5, 0.6) is 5.75 Å². The monoisotopic (exact) mass is 326 g/mol. The van der Waals surface area contributed by atoms with E-state index < -0.39 is 0 Å². The minimum atomic E-state index is -0.153. The Bertz CT molecular complexity index is 818. The molecule has 0 fully saturated rings. The molecule has 0 atom stereocenters. The number of aryl methyl sites for hydroxylation is 1. The van der Waals surface area contributed by atoms with Crippen LogP contribution >= 0.6 is 0 Å². The Hall–Kier alpha value is -3.02. The highest BCUT2D eigenvalue weighted by molar-refractivity contribution is 5.95. The molecule has 0 saturated heterocycles. The minimum absolute atomic E-state index is 0.153. The Kier molecular flexibility index (Phi) is 4.65. The van der Waals surface area contributed by atoms with Gasteiger partial charge in [-0.1, -0.05) is 0 Å². The van der Waals surface area contributed by atoms with Gasteiger partial charge in [0.25, 0.3) is 5.91 Å². The van der Waals surface area contributed by atoms with Crippen molar-refractivity contribution < 1.29 is 18.4 Å². The van der Waals surface area contributed by atoms with E-state index in [1.54, 1.807) is 26.4 Å². The molecule has 1 N–H and O–H groups in total. The van der Waals surface area contributed by atoms with Gasteiger partial charge in [-0.2, -0.15) is 0 Å². The third-order valence-electron chi connectivity index (χ3n) is 3.66. The van der Waals surface area contributed by atoms with Gasteiger partial charge in [0.15, 0.2) is 0 Å². The lowest BCUT2D eigenvalue weighted by Crippen LogP contribution is -2.25. The lowest BCUT2D eigenvalue weighted by molar-refractivity contribution is 0.0952. The van der Waals surface area contributed by atoms with Crippen molar-refractivity contribution in [2.75, 3.05) is 13.7 Å².